The van der Waals surface area contributed by atoms with E-state index in [4.69, 9.17) is 0 Å². The number of carbonyl (C=O) groups is 1. The minimum Gasteiger partial charge on any atom is -0.399 e. The van der Waals surface area contributed by atoms with Gasteiger partial charge in [-0.15, -0.1) is 4.39 Å². The van der Waals surface area contributed by atoms with Gasteiger partial charge in [0, 0.05) is 4.47 Å². The number of rotatable bonds is 1. The number of halogens is 6. The van der Waals surface area contributed by atoms with Crippen LogP contribution in [0.4, 0.5) is 9.18 Å². The summed E-state index contributed by atoms with van der Waals surface area (Å²) in [6.45, 7) is 0. The molecule has 0 heterocycles. The predicted molar refractivity (Wildman–Crippen MR) is 72.1 cm³/mol. The van der Waals surface area contributed by atoms with Crippen molar-refractivity contribution >= 4 is 85.9 Å². The van der Waals surface area contributed by atoms with E-state index in [1.54, 1.807) is 0 Å². The minimum absolute atomic E-state index is 0.0597. The molecule has 0 fully saturated rings. The van der Waals surface area contributed by atoms with Gasteiger partial charge in [0.1, 0.15) is 0 Å². The van der Waals surface area contributed by atoms with E-state index in [0.29, 0.717) is 22.4 Å². The topological polar surface area (TPSA) is 26.3 Å². The molecule has 0 atom stereocenters. The second kappa shape index (κ2) is 5.57. The highest BCUT2D eigenvalue weighted by Crippen LogP contribution is 2.48. The highest BCUT2D eigenvalue weighted by molar-refractivity contribution is 9.15. The molecule has 82 valence electrons. The van der Waals surface area contributed by atoms with Crippen LogP contribution in [-0.2, 0) is 0 Å². The predicted octanol–water partition coefficient (Wildman–Crippen LogP) is 5.97. The van der Waals surface area contributed by atoms with Crippen molar-refractivity contribution in [3.63, 3.8) is 0 Å². The van der Waals surface area contributed by atoms with E-state index < -0.39 is 6.22 Å². The standard InChI is InChI=1S/C7Br5FO2/c8-1-2(9)4(11)6(15-7(13)14)5(12)3(1)10. The van der Waals surface area contributed by atoms with Crippen molar-refractivity contribution in [2.45, 2.75) is 0 Å². The zero-order chi connectivity index (χ0) is 11.7. The summed E-state index contributed by atoms with van der Waals surface area (Å²) in [4.78, 5) is 10.3. The quantitative estimate of drug-likeness (QED) is 0.252. The first kappa shape index (κ1) is 14.1. The van der Waals surface area contributed by atoms with Crippen molar-refractivity contribution < 1.29 is 13.9 Å². The van der Waals surface area contributed by atoms with Crippen LogP contribution < -0.4 is 4.74 Å². The first-order valence-electron chi connectivity index (χ1n) is 3.25. The molecule has 0 bridgehead atoms. The van der Waals surface area contributed by atoms with Gasteiger partial charge < -0.3 is 4.74 Å². The van der Waals surface area contributed by atoms with Gasteiger partial charge in [-0.2, -0.15) is 0 Å². The van der Waals surface area contributed by atoms with E-state index in [9.17, 15) is 9.18 Å². The molecular formula is C7Br5FO2. The Kier molecular flexibility index (Phi) is 5.23. The molecule has 0 saturated heterocycles. The monoisotopic (exact) mass is 530 g/mol. The lowest BCUT2D eigenvalue weighted by Gasteiger charge is -2.11. The van der Waals surface area contributed by atoms with Crippen LogP contribution in [0.2, 0.25) is 0 Å². The third-order valence-electron chi connectivity index (χ3n) is 1.35. The smallest absolute Gasteiger partial charge is 0.399 e. The molecule has 1 rings (SSSR count). The fourth-order valence-electron chi connectivity index (χ4n) is 0.755. The Balaban J connectivity index is 3.45. The average molecular weight is 535 g/mol. The molecule has 0 aliphatic heterocycles. The van der Waals surface area contributed by atoms with E-state index >= 15 is 0 Å². The Morgan fingerprint density at radius 2 is 1.20 bits per heavy atom. The molecule has 1 aromatic rings. The molecule has 15 heavy (non-hydrogen) atoms. The van der Waals surface area contributed by atoms with Gasteiger partial charge in [-0.25, -0.2) is 4.79 Å². The van der Waals surface area contributed by atoms with Crippen molar-refractivity contribution in [2.75, 3.05) is 0 Å². The summed E-state index contributed by atoms with van der Waals surface area (Å²) in [5, 5.41) is 0. The molecule has 0 unspecified atom stereocenters. The van der Waals surface area contributed by atoms with Crippen LogP contribution in [0.5, 0.6) is 5.75 Å². The maximum atomic E-state index is 12.2. The molecule has 8 heteroatoms. The fraction of sp³-hybridized carbons (Fsp3) is 0. The third kappa shape index (κ3) is 3.02. The van der Waals surface area contributed by atoms with Crippen molar-refractivity contribution in [3.05, 3.63) is 22.4 Å². The van der Waals surface area contributed by atoms with E-state index in [-0.39, 0.29) is 5.75 Å². The van der Waals surface area contributed by atoms with Gasteiger partial charge in [0.15, 0.2) is 5.75 Å². The molecule has 0 radical (unpaired) electrons. The number of hydrogen-bond donors (Lipinski definition) is 0. The number of benzene rings is 1. The van der Waals surface area contributed by atoms with E-state index in [1.807, 2.05) is 0 Å². The first-order chi connectivity index (χ1) is 6.86. The largest absolute Gasteiger partial charge is 0.501 e. The highest BCUT2D eigenvalue weighted by Gasteiger charge is 2.20. The Hall–Kier alpha value is 1.02. The molecule has 0 aromatic heterocycles. The first-order valence-corrected chi connectivity index (χ1v) is 7.21. The molecule has 1 aromatic carbocycles. The summed E-state index contributed by atoms with van der Waals surface area (Å²) in [5.74, 6) is 0.0597. The number of ether oxygens (including phenoxy) is 1. The van der Waals surface area contributed by atoms with E-state index in [1.165, 1.54) is 0 Å². The number of hydrogen-bond acceptors (Lipinski definition) is 2. The Morgan fingerprint density at radius 3 is 1.53 bits per heavy atom. The van der Waals surface area contributed by atoms with Gasteiger partial charge in [0.25, 0.3) is 0 Å². The lowest BCUT2D eigenvalue weighted by atomic mass is 10.3. The van der Waals surface area contributed by atoms with Gasteiger partial charge in [0.05, 0.1) is 17.9 Å². The molecule has 0 N–H and O–H groups in total. The lowest BCUT2D eigenvalue weighted by molar-refractivity contribution is 0.175. The number of carbonyl (C=O) groups excluding carboxylic acids is 1. The SMILES string of the molecule is O=C(F)Oc1c(Br)c(Br)c(Br)c(Br)c1Br. The Morgan fingerprint density at radius 1 is 0.867 bits per heavy atom. The fourth-order valence-corrected chi connectivity index (χ4v) is 3.93. The lowest BCUT2D eigenvalue weighted by Crippen LogP contribution is -2.00. The maximum Gasteiger partial charge on any atom is 0.501 e. The second-order valence-electron chi connectivity index (χ2n) is 2.24. The second-order valence-corrected chi connectivity index (χ2v) is 6.20. The summed E-state index contributed by atoms with van der Waals surface area (Å²) in [6.07, 6.45) is -1.88. The van der Waals surface area contributed by atoms with Gasteiger partial charge in [-0.3, -0.25) is 0 Å². The van der Waals surface area contributed by atoms with Crippen LogP contribution in [0.25, 0.3) is 0 Å². The Bertz CT molecular complexity index is 405. The van der Waals surface area contributed by atoms with Crippen LogP contribution in [0.3, 0.4) is 0 Å². The van der Waals surface area contributed by atoms with Crippen LogP contribution in [0.1, 0.15) is 0 Å². The van der Waals surface area contributed by atoms with Crippen LogP contribution in [0, 0.1) is 0 Å². The van der Waals surface area contributed by atoms with Crippen LogP contribution >= 0.6 is 79.6 Å². The molecule has 0 amide bonds. The van der Waals surface area contributed by atoms with E-state index in [0.717, 1.165) is 0 Å². The van der Waals surface area contributed by atoms with Crippen LogP contribution in [0.15, 0.2) is 22.4 Å². The van der Waals surface area contributed by atoms with Crippen molar-refractivity contribution in [1.82, 2.24) is 0 Å². The van der Waals surface area contributed by atoms with Gasteiger partial charge in [0.2, 0.25) is 0 Å². The van der Waals surface area contributed by atoms with E-state index in [2.05, 4.69) is 84.4 Å². The van der Waals surface area contributed by atoms with Gasteiger partial charge in [-0.1, -0.05) is 0 Å². The summed E-state index contributed by atoms with van der Waals surface area (Å²) in [6, 6.07) is 0. The van der Waals surface area contributed by atoms with Crippen LogP contribution in [-0.4, -0.2) is 6.22 Å². The Labute approximate surface area is 127 Å². The maximum absolute atomic E-state index is 12.2. The highest BCUT2D eigenvalue weighted by atomic mass is 79.9. The zero-order valence-electron chi connectivity index (χ0n) is 6.58. The van der Waals surface area contributed by atoms with Crippen molar-refractivity contribution in [1.29, 1.82) is 0 Å². The van der Waals surface area contributed by atoms with Crippen molar-refractivity contribution in [3.8, 4) is 5.75 Å². The normalized spacial score (nSPS) is 10.3. The molecule has 0 saturated carbocycles. The summed E-state index contributed by atoms with van der Waals surface area (Å²) < 4.78 is 19.4. The molecule has 2 nitrogen and oxygen atoms in total. The van der Waals surface area contributed by atoms with Gasteiger partial charge >= 0.3 is 6.22 Å². The summed E-state index contributed by atoms with van der Waals surface area (Å²) in [5.41, 5.74) is 0. The zero-order valence-corrected chi connectivity index (χ0v) is 14.5. The molecular weight excluding hydrogens is 535 g/mol. The molecule has 0 aliphatic rings. The average Bonchev–Trinajstić information content (AvgIpc) is 2.18. The third-order valence-corrected chi connectivity index (χ3v) is 7.37. The summed E-state index contributed by atoms with van der Waals surface area (Å²) >= 11 is 16.1. The molecule has 0 spiro atoms. The minimum atomic E-state index is -1.88. The molecule has 0 aliphatic carbocycles. The van der Waals surface area contributed by atoms with Gasteiger partial charge in [-0.05, 0) is 79.6 Å². The summed E-state index contributed by atoms with van der Waals surface area (Å²) in [7, 11) is 0. The van der Waals surface area contributed by atoms with Crippen molar-refractivity contribution in [2.24, 2.45) is 0 Å².